The predicted octanol–water partition coefficient (Wildman–Crippen LogP) is 1.09. The fraction of sp³-hybridized carbons (Fsp3) is 0.545. The van der Waals surface area contributed by atoms with Crippen LogP contribution in [-0.2, 0) is 4.74 Å². The van der Waals surface area contributed by atoms with Gasteiger partial charge in [-0.15, -0.1) is 11.3 Å². The van der Waals surface area contributed by atoms with Crippen LogP contribution in [0.15, 0.2) is 5.38 Å². The number of ether oxygens (including phenoxy) is 1. The molecule has 0 radical (unpaired) electrons. The smallest absolute Gasteiger partial charge is 0.355 e. The number of morpholine rings is 1. The third kappa shape index (κ3) is 2.68. The van der Waals surface area contributed by atoms with Crippen molar-refractivity contribution in [3.63, 3.8) is 0 Å². The number of carbonyl (C=O) groups is 2. The topological polar surface area (TPSA) is 79.7 Å². The predicted molar refractivity (Wildman–Crippen MR) is 65.0 cm³/mol. The minimum atomic E-state index is -1.12. The lowest BCUT2D eigenvalue weighted by atomic mass is 10.2. The maximum atomic E-state index is 12.2. The number of hydrogen-bond acceptors (Lipinski definition) is 5. The third-order valence-electron chi connectivity index (χ3n) is 2.61. The Bertz CT molecular complexity index is 463. The molecule has 1 N–H and O–H groups in total. The van der Waals surface area contributed by atoms with Crippen molar-refractivity contribution in [2.45, 2.75) is 26.1 Å². The Morgan fingerprint density at radius 3 is 2.56 bits per heavy atom. The normalized spacial score (nSPS) is 24.0. The molecular weight excluding hydrogens is 256 g/mol. The quantitative estimate of drug-likeness (QED) is 0.870. The monoisotopic (exact) mass is 270 g/mol. The molecule has 7 heteroatoms. The highest BCUT2D eigenvalue weighted by molar-refractivity contribution is 7.11. The number of nitrogens with zero attached hydrogens (tertiary/aromatic N) is 2. The van der Waals surface area contributed by atoms with E-state index in [9.17, 15) is 9.59 Å². The summed E-state index contributed by atoms with van der Waals surface area (Å²) in [5.41, 5.74) is -0.0855. The molecule has 2 rings (SSSR count). The average Bonchev–Trinajstić information content (AvgIpc) is 2.75. The third-order valence-corrected chi connectivity index (χ3v) is 3.44. The number of hydrogen-bond donors (Lipinski definition) is 1. The van der Waals surface area contributed by atoms with Gasteiger partial charge in [0.05, 0.1) is 12.2 Å². The van der Waals surface area contributed by atoms with Gasteiger partial charge in [0.2, 0.25) is 0 Å². The van der Waals surface area contributed by atoms with Crippen LogP contribution in [0.5, 0.6) is 0 Å². The molecule has 0 spiro atoms. The number of aromatic nitrogens is 1. The number of amides is 1. The van der Waals surface area contributed by atoms with Crippen LogP contribution in [0.3, 0.4) is 0 Å². The van der Waals surface area contributed by atoms with Gasteiger partial charge in [-0.05, 0) is 13.8 Å². The van der Waals surface area contributed by atoms with Gasteiger partial charge in [-0.3, -0.25) is 4.79 Å². The molecule has 1 amide bonds. The Labute approximate surface area is 108 Å². The Balaban J connectivity index is 2.12. The van der Waals surface area contributed by atoms with Crippen molar-refractivity contribution >= 4 is 23.2 Å². The second-order valence-corrected chi connectivity index (χ2v) is 5.17. The molecule has 1 aliphatic rings. The molecule has 1 aromatic rings. The molecule has 18 heavy (non-hydrogen) atoms. The first-order valence-electron chi connectivity index (χ1n) is 5.61. The molecule has 0 bridgehead atoms. The number of rotatable bonds is 2. The molecule has 6 nitrogen and oxygen atoms in total. The maximum absolute atomic E-state index is 12.2. The first kappa shape index (κ1) is 13.0. The van der Waals surface area contributed by atoms with E-state index in [0.717, 1.165) is 11.3 Å². The van der Waals surface area contributed by atoms with E-state index in [2.05, 4.69) is 4.98 Å². The van der Waals surface area contributed by atoms with Crippen LogP contribution in [-0.4, -0.2) is 52.2 Å². The van der Waals surface area contributed by atoms with Crippen molar-refractivity contribution in [1.82, 2.24) is 9.88 Å². The molecule has 1 saturated heterocycles. The van der Waals surface area contributed by atoms with E-state index in [4.69, 9.17) is 9.84 Å². The first-order chi connectivity index (χ1) is 8.47. The van der Waals surface area contributed by atoms with Gasteiger partial charge in [0, 0.05) is 18.5 Å². The van der Waals surface area contributed by atoms with Gasteiger partial charge in [0.15, 0.2) is 10.7 Å². The van der Waals surface area contributed by atoms with E-state index in [1.807, 2.05) is 13.8 Å². The van der Waals surface area contributed by atoms with Crippen LogP contribution >= 0.6 is 11.3 Å². The zero-order valence-corrected chi connectivity index (χ0v) is 10.9. The number of carboxylic acids is 1. The Hall–Kier alpha value is -1.47. The number of carbonyl (C=O) groups excluding carboxylic acids is 1. The van der Waals surface area contributed by atoms with Crippen molar-refractivity contribution < 1.29 is 19.4 Å². The van der Waals surface area contributed by atoms with E-state index in [1.54, 1.807) is 4.90 Å². The second kappa shape index (κ2) is 5.03. The zero-order chi connectivity index (χ0) is 13.3. The lowest BCUT2D eigenvalue weighted by molar-refractivity contribution is -0.0586. The molecule has 0 aliphatic carbocycles. The Morgan fingerprint density at radius 2 is 2.06 bits per heavy atom. The van der Waals surface area contributed by atoms with Crippen molar-refractivity contribution in [1.29, 1.82) is 0 Å². The Morgan fingerprint density at radius 1 is 1.44 bits per heavy atom. The van der Waals surface area contributed by atoms with Crippen LogP contribution in [0, 0.1) is 0 Å². The van der Waals surface area contributed by atoms with Crippen molar-refractivity contribution in [2.24, 2.45) is 0 Å². The van der Waals surface area contributed by atoms with Crippen molar-refractivity contribution in [3.05, 3.63) is 16.1 Å². The van der Waals surface area contributed by atoms with Crippen molar-refractivity contribution in [2.75, 3.05) is 13.1 Å². The van der Waals surface area contributed by atoms with Crippen LogP contribution in [0.2, 0.25) is 0 Å². The molecule has 1 fully saturated rings. The summed E-state index contributed by atoms with van der Waals surface area (Å²) in [7, 11) is 0. The second-order valence-electron chi connectivity index (χ2n) is 4.31. The molecule has 2 atom stereocenters. The van der Waals surface area contributed by atoms with Crippen molar-refractivity contribution in [3.8, 4) is 0 Å². The number of carboxylic acid groups (broad SMARTS) is 1. The minimum absolute atomic E-state index is 0.0170. The highest BCUT2D eigenvalue weighted by atomic mass is 32.1. The highest BCUT2D eigenvalue weighted by Gasteiger charge is 2.28. The lowest BCUT2D eigenvalue weighted by Gasteiger charge is -2.34. The molecule has 0 saturated carbocycles. The van der Waals surface area contributed by atoms with E-state index in [-0.39, 0.29) is 28.8 Å². The molecule has 0 aromatic carbocycles. The number of aromatic carboxylic acids is 1. The van der Waals surface area contributed by atoms with Gasteiger partial charge >= 0.3 is 5.97 Å². The van der Waals surface area contributed by atoms with Crippen LogP contribution < -0.4 is 0 Å². The van der Waals surface area contributed by atoms with Gasteiger partial charge in [-0.25, -0.2) is 9.78 Å². The number of thiazole rings is 1. The molecule has 1 aromatic heterocycles. The highest BCUT2D eigenvalue weighted by Crippen LogP contribution is 2.17. The Kier molecular flexibility index (Phi) is 3.63. The van der Waals surface area contributed by atoms with Gasteiger partial charge < -0.3 is 14.7 Å². The van der Waals surface area contributed by atoms with Gasteiger partial charge in [0.25, 0.3) is 5.91 Å². The lowest BCUT2D eigenvalue weighted by Crippen LogP contribution is -2.48. The molecule has 98 valence electrons. The summed E-state index contributed by atoms with van der Waals surface area (Å²) >= 11 is 1.06. The SMILES string of the molecule is CC1CN(C(=O)c2nc(C(=O)O)cs2)CC(C)O1. The average molecular weight is 270 g/mol. The fourth-order valence-corrected chi connectivity index (χ4v) is 2.71. The standard InChI is InChI=1S/C11H14N2O4S/c1-6-3-13(4-7(2)17-6)10(14)9-12-8(5-18-9)11(15)16/h5-7H,3-4H2,1-2H3,(H,15,16). The van der Waals surface area contributed by atoms with Crippen LogP contribution in [0.4, 0.5) is 0 Å². The summed E-state index contributed by atoms with van der Waals surface area (Å²) < 4.78 is 5.54. The van der Waals surface area contributed by atoms with Crippen LogP contribution in [0.25, 0.3) is 0 Å². The maximum Gasteiger partial charge on any atom is 0.355 e. The summed E-state index contributed by atoms with van der Waals surface area (Å²) in [4.78, 5) is 28.3. The summed E-state index contributed by atoms with van der Waals surface area (Å²) in [6.45, 7) is 4.82. The van der Waals surface area contributed by atoms with E-state index < -0.39 is 5.97 Å². The summed E-state index contributed by atoms with van der Waals surface area (Å²) in [5, 5.41) is 10.4. The fourth-order valence-electron chi connectivity index (χ4n) is 1.95. The first-order valence-corrected chi connectivity index (χ1v) is 6.49. The van der Waals surface area contributed by atoms with Gasteiger partial charge in [0.1, 0.15) is 0 Å². The van der Waals surface area contributed by atoms with Gasteiger partial charge in [-0.1, -0.05) is 0 Å². The minimum Gasteiger partial charge on any atom is -0.476 e. The van der Waals surface area contributed by atoms with E-state index in [0.29, 0.717) is 13.1 Å². The molecular formula is C11H14N2O4S. The van der Waals surface area contributed by atoms with E-state index in [1.165, 1.54) is 5.38 Å². The van der Waals surface area contributed by atoms with Crippen LogP contribution in [0.1, 0.15) is 34.1 Å². The molecule has 1 aliphatic heterocycles. The molecule has 2 heterocycles. The largest absolute Gasteiger partial charge is 0.476 e. The summed E-state index contributed by atoms with van der Waals surface area (Å²) in [6, 6.07) is 0. The van der Waals surface area contributed by atoms with E-state index >= 15 is 0 Å². The zero-order valence-electron chi connectivity index (χ0n) is 10.1. The summed E-state index contributed by atoms with van der Waals surface area (Å²) in [5.74, 6) is -1.34. The molecule has 2 unspecified atom stereocenters. The summed E-state index contributed by atoms with van der Waals surface area (Å²) in [6.07, 6.45) is -0.0341. The van der Waals surface area contributed by atoms with Gasteiger partial charge in [-0.2, -0.15) is 0 Å².